The average Bonchev–Trinajstić information content (AvgIpc) is 2.27. The number of nitrogens with zero attached hydrogens (tertiary/aromatic N) is 1. The number of rotatable bonds is 5. The second-order valence-corrected chi connectivity index (χ2v) is 6.64. The molecular weight excluding hydrogens is 248 g/mol. The summed E-state index contributed by atoms with van der Waals surface area (Å²) in [5.41, 5.74) is 0. The van der Waals surface area contributed by atoms with Gasteiger partial charge < -0.3 is 10.2 Å². The van der Waals surface area contributed by atoms with Crippen molar-refractivity contribution in [2.24, 2.45) is 0 Å². The van der Waals surface area contributed by atoms with Crippen LogP contribution in [0, 0.1) is 0 Å². The summed E-state index contributed by atoms with van der Waals surface area (Å²) in [5, 5.41) is 3.25. The van der Waals surface area contributed by atoms with E-state index in [4.69, 9.17) is 0 Å². The van der Waals surface area contributed by atoms with Crippen LogP contribution < -0.4 is 5.32 Å². The van der Waals surface area contributed by atoms with Crippen LogP contribution in [0.2, 0.25) is 0 Å². The molecule has 0 bridgehead atoms. The van der Waals surface area contributed by atoms with Gasteiger partial charge >= 0.3 is 0 Å². The third-order valence-electron chi connectivity index (χ3n) is 3.07. The Hall–Kier alpha value is 0.160. The number of nitrogens with one attached hydrogen (secondary N) is 1. The molecule has 0 saturated carbocycles. The topological polar surface area (TPSA) is 49.4 Å². The normalized spacial score (nSPS) is 22.8. The van der Waals surface area contributed by atoms with Gasteiger partial charge in [-0.15, -0.1) is 12.4 Å². The number of halogens is 1. The SMILES string of the molecule is CCS(=O)(=O)CCN1CCCC(NC)C1.Cl. The smallest absolute Gasteiger partial charge is 0.151 e. The Kier molecular flexibility index (Phi) is 7.55. The van der Waals surface area contributed by atoms with Gasteiger partial charge in [0.1, 0.15) is 0 Å². The summed E-state index contributed by atoms with van der Waals surface area (Å²) in [6, 6.07) is 0.531. The van der Waals surface area contributed by atoms with E-state index in [1.165, 1.54) is 6.42 Å². The number of hydrogen-bond donors (Lipinski definition) is 1. The Bertz CT molecular complexity index is 283. The molecule has 16 heavy (non-hydrogen) atoms. The maximum Gasteiger partial charge on any atom is 0.151 e. The van der Waals surface area contributed by atoms with Crippen LogP contribution in [-0.4, -0.2) is 57.5 Å². The predicted molar refractivity (Wildman–Crippen MR) is 70.1 cm³/mol. The van der Waals surface area contributed by atoms with Crippen molar-refractivity contribution >= 4 is 22.2 Å². The fourth-order valence-corrected chi connectivity index (χ4v) is 2.73. The highest BCUT2D eigenvalue weighted by atomic mass is 35.5. The average molecular weight is 271 g/mol. The first kappa shape index (κ1) is 16.2. The lowest BCUT2D eigenvalue weighted by atomic mass is 10.1. The summed E-state index contributed by atoms with van der Waals surface area (Å²) >= 11 is 0. The van der Waals surface area contributed by atoms with Crippen LogP contribution in [0.1, 0.15) is 19.8 Å². The molecule has 0 aromatic heterocycles. The third kappa shape index (κ3) is 5.48. The fourth-order valence-electron chi connectivity index (χ4n) is 1.91. The minimum absolute atomic E-state index is 0. The van der Waals surface area contributed by atoms with E-state index in [-0.39, 0.29) is 18.2 Å². The molecular formula is C10H23ClN2O2S. The largest absolute Gasteiger partial charge is 0.316 e. The zero-order valence-electron chi connectivity index (χ0n) is 10.1. The van der Waals surface area contributed by atoms with Crippen molar-refractivity contribution < 1.29 is 8.42 Å². The van der Waals surface area contributed by atoms with E-state index in [1.54, 1.807) is 6.92 Å². The van der Waals surface area contributed by atoms with Gasteiger partial charge in [0.25, 0.3) is 0 Å². The molecule has 1 rings (SSSR count). The highest BCUT2D eigenvalue weighted by molar-refractivity contribution is 7.91. The molecule has 0 aromatic carbocycles. The quantitative estimate of drug-likeness (QED) is 0.792. The molecule has 0 spiro atoms. The molecule has 0 aliphatic carbocycles. The molecule has 1 heterocycles. The van der Waals surface area contributed by atoms with E-state index in [2.05, 4.69) is 10.2 Å². The molecule has 1 unspecified atom stereocenters. The van der Waals surface area contributed by atoms with Gasteiger partial charge in [-0.3, -0.25) is 0 Å². The summed E-state index contributed by atoms with van der Waals surface area (Å²) in [7, 11) is -0.836. The van der Waals surface area contributed by atoms with E-state index in [1.807, 2.05) is 7.05 Å². The van der Waals surface area contributed by atoms with Crippen LogP contribution in [0.4, 0.5) is 0 Å². The molecule has 0 radical (unpaired) electrons. The van der Waals surface area contributed by atoms with Crippen molar-refractivity contribution in [3.63, 3.8) is 0 Å². The molecule has 1 saturated heterocycles. The number of sulfone groups is 1. The summed E-state index contributed by atoms with van der Waals surface area (Å²) in [4.78, 5) is 2.25. The molecule has 1 aliphatic heterocycles. The van der Waals surface area contributed by atoms with Gasteiger partial charge in [0.05, 0.1) is 5.75 Å². The summed E-state index contributed by atoms with van der Waals surface area (Å²) in [6.07, 6.45) is 2.37. The van der Waals surface area contributed by atoms with Gasteiger partial charge in [-0.1, -0.05) is 6.92 Å². The van der Waals surface area contributed by atoms with Crippen molar-refractivity contribution in [2.45, 2.75) is 25.8 Å². The van der Waals surface area contributed by atoms with Crippen LogP contribution in [0.15, 0.2) is 0 Å². The zero-order valence-corrected chi connectivity index (χ0v) is 11.7. The van der Waals surface area contributed by atoms with E-state index in [0.717, 1.165) is 19.5 Å². The summed E-state index contributed by atoms with van der Waals surface area (Å²) < 4.78 is 22.7. The van der Waals surface area contributed by atoms with Gasteiger partial charge in [0.2, 0.25) is 0 Å². The minimum atomic E-state index is -2.81. The number of likely N-dealkylation sites (tertiary alicyclic amines) is 1. The van der Waals surface area contributed by atoms with Crippen LogP contribution in [-0.2, 0) is 9.84 Å². The second kappa shape index (κ2) is 7.48. The Morgan fingerprint density at radius 3 is 2.69 bits per heavy atom. The van der Waals surface area contributed by atoms with Gasteiger partial charge in [0.15, 0.2) is 9.84 Å². The maximum atomic E-state index is 11.4. The summed E-state index contributed by atoms with van der Waals surface area (Å²) in [6.45, 7) is 4.42. The van der Waals surface area contributed by atoms with Crippen LogP contribution in [0.3, 0.4) is 0 Å². The maximum absolute atomic E-state index is 11.4. The Labute approximate surface area is 105 Å². The van der Waals surface area contributed by atoms with Crippen molar-refractivity contribution in [1.82, 2.24) is 10.2 Å². The van der Waals surface area contributed by atoms with Crippen molar-refractivity contribution in [3.05, 3.63) is 0 Å². The third-order valence-corrected chi connectivity index (χ3v) is 4.76. The van der Waals surface area contributed by atoms with Crippen molar-refractivity contribution in [2.75, 3.05) is 38.2 Å². The van der Waals surface area contributed by atoms with Crippen LogP contribution in [0.5, 0.6) is 0 Å². The summed E-state index contributed by atoms with van der Waals surface area (Å²) in [5.74, 6) is 0.566. The zero-order chi connectivity index (χ0) is 11.3. The van der Waals surface area contributed by atoms with Gasteiger partial charge in [-0.05, 0) is 26.4 Å². The molecule has 6 heteroatoms. The highest BCUT2D eigenvalue weighted by Gasteiger charge is 2.19. The van der Waals surface area contributed by atoms with E-state index in [0.29, 0.717) is 18.3 Å². The lowest BCUT2D eigenvalue weighted by Crippen LogP contribution is -2.45. The predicted octanol–water partition coefficient (Wildman–Crippen LogP) is 0.527. The van der Waals surface area contributed by atoms with E-state index in [9.17, 15) is 8.42 Å². The number of hydrogen-bond acceptors (Lipinski definition) is 4. The first-order chi connectivity index (χ1) is 7.07. The van der Waals surface area contributed by atoms with Gasteiger partial charge in [0, 0.05) is 24.9 Å². The van der Waals surface area contributed by atoms with E-state index < -0.39 is 9.84 Å². The lowest BCUT2D eigenvalue weighted by Gasteiger charge is -2.32. The first-order valence-electron chi connectivity index (χ1n) is 5.67. The highest BCUT2D eigenvalue weighted by Crippen LogP contribution is 2.09. The molecule has 4 nitrogen and oxygen atoms in total. The molecule has 0 amide bonds. The Balaban J connectivity index is 0.00000225. The van der Waals surface area contributed by atoms with Gasteiger partial charge in [-0.2, -0.15) is 0 Å². The molecule has 1 fully saturated rings. The van der Waals surface area contributed by atoms with Crippen LogP contribution in [0.25, 0.3) is 0 Å². The molecule has 98 valence electrons. The Morgan fingerprint density at radius 1 is 1.44 bits per heavy atom. The fraction of sp³-hybridized carbons (Fsp3) is 1.00. The first-order valence-corrected chi connectivity index (χ1v) is 7.49. The number of likely N-dealkylation sites (N-methyl/N-ethyl adjacent to an activating group) is 1. The van der Waals surface area contributed by atoms with Crippen LogP contribution >= 0.6 is 12.4 Å². The molecule has 1 atom stereocenters. The Morgan fingerprint density at radius 2 is 2.12 bits per heavy atom. The molecule has 1 N–H and O–H groups in total. The molecule has 0 aromatic rings. The lowest BCUT2D eigenvalue weighted by molar-refractivity contribution is 0.205. The standard InChI is InChI=1S/C10H22N2O2S.ClH/c1-3-15(13,14)8-7-12-6-4-5-10(9-12)11-2;/h10-11H,3-9H2,1-2H3;1H. The van der Waals surface area contributed by atoms with Gasteiger partial charge in [-0.25, -0.2) is 8.42 Å². The number of piperidine rings is 1. The van der Waals surface area contributed by atoms with E-state index >= 15 is 0 Å². The van der Waals surface area contributed by atoms with Crippen molar-refractivity contribution in [1.29, 1.82) is 0 Å². The monoisotopic (exact) mass is 270 g/mol. The second-order valence-electron chi connectivity index (χ2n) is 4.16. The van der Waals surface area contributed by atoms with Crippen molar-refractivity contribution in [3.8, 4) is 0 Å². The molecule has 1 aliphatic rings. The minimum Gasteiger partial charge on any atom is -0.316 e.